The molecule has 0 heterocycles. The molecule has 7 nitrogen and oxygen atoms in total. The second-order valence-corrected chi connectivity index (χ2v) is 20.5. The number of phosphoric acid groups is 1. The first kappa shape index (κ1) is 100.0. The zero-order valence-corrected chi connectivity index (χ0v) is 46.0. The lowest BCUT2D eigenvalue weighted by atomic mass is 9.83. The van der Waals surface area contributed by atoms with E-state index >= 15 is 0 Å². The van der Waals surface area contributed by atoms with Gasteiger partial charge in [0.2, 0.25) is 0 Å². The van der Waals surface area contributed by atoms with Gasteiger partial charge >= 0.3 is 166 Å². The highest BCUT2D eigenvalue weighted by molar-refractivity contribution is 7.45. The second kappa shape index (κ2) is 27.2. The summed E-state index contributed by atoms with van der Waals surface area (Å²) in [6.45, 7) is -5.69. The number of aliphatic hydroxyl groups excluding tert-OH is 2. The van der Waals surface area contributed by atoms with Gasteiger partial charge in [0.25, 0.3) is 7.82 Å². The van der Waals surface area contributed by atoms with Crippen molar-refractivity contribution in [3.05, 3.63) is 0 Å². The summed E-state index contributed by atoms with van der Waals surface area (Å²) in [4.78, 5) is 11.5. The lowest BCUT2D eigenvalue weighted by molar-refractivity contribution is -0.657. The SMILES string of the molecule is O=P([O-])(OCCC(F)(F)C(F)(F)C(F)(F)C(F)(F)C(F)(F)C(F)(F)C(F)(F)C(F)(F)C(F)(F)C(F)(F)C(F)(F)C(F)(F)C(F)(F)C(F)(F)F)OCCC(F)(F)C(F)(F)C(F)(F)C(F)(F)C(F)(F)C(F)(F)C(F)(F)C(F)(F)C(F)(F)C(F)(F)C(F)(F)C(F)(F)C(F)(F)C(F)(F)F.OCC[NH2+]CCO. The van der Waals surface area contributed by atoms with Crippen LogP contribution in [0.15, 0.2) is 0 Å². The predicted octanol–water partition coefficient (Wildman–Crippen LogP) is 16.4. The first-order chi connectivity index (χ1) is 43.3. The van der Waals surface area contributed by atoms with E-state index in [2.05, 4.69) is 9.05 Å². The van der Waals surface area contributed by atoms with Crippen LogP contribution in [-0.2, 0) is 13.6 Å². The minimum absolute atomic E-state index is 0.194. The lowest BCUT2D eigenvalue weighted by Crippen LogP contribution is -2.85. The van der Waals surface area contributed by atoms with E-state index in [9.17, 15) is 264 Å². The molecule has 0 aromatic heterocycles. The van der Waals surface area contributed by atoms with Crippen LogP contribution in [0.5, 0.6) is 0 Å². The molecule has 0 atom stereocenters. The van der Waals surface area contributed by atoms with Crippen molar-refractivity contribution in [1.82, 2.24) is 0 Å². The summed E-state index contributed by atoms with van der Waals surface area (Å²) in [5, 5.41) is 18.2. The fraction of sp³-hybridized carbons (Fsp3) is 1.00. The van der Waals surface area contributed by atoms with E-state index in [-0.39, 0.29) is 13.2 Å². The first-order valence-corrected chi connectivity index (χ1v) is 24.4. The highest BCUT2D eigenvalue weighted by atomic mass is 31.2. The van der Waals surface area contributed by atoms with Gasteiger partial charge in [0.15, 0.2) is 0 Å². The fourth-order valence-corrected chi connectivity index (χ4v) is 6.71. The Kier molecular flexibility index (Phi) is 26.7. The number of aliphatic hydroxyl groups is 2. The zero-order valence-electron chi connectivity index (χ0n) is 45.1. The number of alkyl halides is 58. The minimum Gasteiger partial charge on any atom is -0.756 e. The Morgan fingerprint density at radius 3 is 0.461 bits per heavy atom. The molecule has 0 aliphatic heterocycles. The van der Waals surface area contributed by atoms with Crippen LogP contribution in [0.25, 0.3) is 0 Å². The Morgan fingerprint density at radius 1 is 0.225 bits per heavy atom. The standard InChI is InChI=1S/C32H9F58O4P.C4H11NO2/c33-5(34,7(37,38)9(41,42)11(45,46)13(49,50)15(53,54)17(57,58)19(61,62)21(65,66)23(69,70)25(73,74)27(77,78)29(81,82)31(85,86)87)1-3-93-95(91,92)94-4-2-6(35,36)8(39,40)10(43,44)12(47,48)14(51,52)16(55,56)18(59,60)20(63,64)22(67,68)24(71,72)26(75,76)28(79,80)30(83,84)32(88,89)90;6-3-1-5-2-4-7/h1-4H2,(H,91,92);5-7H,1-4H2. The third-order valence-corrected chi connectivity index (χ3v) is 13.3. The van der Waals surface area contributed by atoms with Crippen molar-refractivity contribution in [2.24, 2.45) is 0 Å². The average molecular weight is 1700 g/mol. The molecule has 66 heteroatoms. The van der Waals surface area contributed by atoms with E-state index in [0.717, 1.165) is 0 Å². The van der Waals surface area contributed by atoms with Crippen LogP contribution in [0.2, 0.25) is 0 Å². The number of phosphoric ester groups is 1. The summed E-state index contributed by atoms with van der Waals surface area (Å²) in [7, 11) is -7.81. The molecule has 0 saturated carbocycles. The van der Waals surface area contributed by atoms with E-state index in [1.807, 2.05) is 5.32 Å². The third kappa shape index (κ3) is 13.8. The summed E-state index contributed by atoms with van der Waals surface area (Å²) in [5.41, 5.74) is 0. The topological polar surface area (TPSA) is 116 Å². The Bertz CT molecular complexity index is 2680. The van der Waals surface area contributed by atoms with Crippen LogP contribution in [0.4, 0.5) is 255 Å². The third-order valence-electron chi connectivity index (χ3n) is 12.3. The van der Waals surface area contributed by atoms with Crippen LogP contribution < -0.4 is 10.2 Å². The second-order valence-electron chi connectivity index (χ2n) is 19.1. The van der Waals surface area contributed by atoms with Gasteiger partial charge in [0.05, 0.1) is 39.5 Å². The maximum Gasteiger partial charge on any atom is 0.460 e. The Labute approximate surface area is 516 Å². The summed E-state index contributed by atoms with van der Waals surface area (Å²) in [6, 6.07) is 0. The molecule has 4 N–H and O–H groups in total. The van der Waals surface area contributed by atoms with Crippen LogP contribution in [0, 0.1) is 0 Å². The summed E-state index contributed by atoms with van der Waals surface area (Å²) in [5.74, 6) is -255. The van der Waals surface area contributed by atoms with Crippen molar-refractivity contribution in [2.45, 2.75) is 179 Å². The normalized spacial score (nSPS) is 16.8. The Balaban J connectivity index is 0. The van der Waals surface area contributed by atoms with Gasteiger partial charge in [-0.2, -0.15) is 255 Å². The number of rotatable bonds is 36. The van der Waals surface area contributed by atoms with Crippen molar-refractivity contribution < 1.29 is 289 Å². The molecule has 0 aromatic rings. The van der Waals surface area contributed by atoms with Crippen molar-refractivity contribution >= 4 is 7.82 Å². The minimum atomic E-state index is -10.4. The maximum absolute atomic E-state index is 14.2. The van der Waals surface area contributed by atoms with Crippen LogP contribution in [0.1, 0.15) is 12.8 Å². The van der Waals surface area contributed by atoms with Crippen molar-refractivity contribution in [3.63, 3.8) is 0 Å². The molecule has 0 amide bonds. The van der Waals surface area contributed by atoms with E-state index in [0.29, 0.717) is 13.1 Å². The monoisotopic (exact) mass is 1700 g/mol. The van der Waals surface area contributed by atoms with Gasteiger partial charge < -0.3 is 29.5 Å². The molecule has 0 unspecified atom stereocenters. The Hall–Kier alpha value is -4.07. The molecule has 0 aliphatic rings. The zero-order chi connectivity index (χ0) is 84.3. The fourth-order valence-electron chi connectivity index (χ4n) is 6.01. The molecule has 0 aromatic carbocycles. The molecule has 0 fully saturated rings. The lowest BCUT2D eigenvalue weighted by Gasteiger charge is -2.46. The number of nitrogens with two attached hydrogens (primary N) is 1. The van der Waals surface area contributed by atoms with Crippen LogP contribution >= 0.6 is 7.82 Å². The average Bonchev–Trinajstić information content (AvgIpc) is 0.686. The highest BCUT2D eigenvalue weighted by Gasteiger charge is 3.03. The molecule has 0 rings (SSSR count). The predicted molar refractivity (Wildman–Crippen MR) is 195 cm³/mol. The Morgan fingerprint density at radius 2 is 0.343 bits per heavy atom. The summed E-state index contributed by atoms with van der Waals surface area (Å²) < 4.78 is 812. The number of halogens is 58. The molecule has 0 aliphatic carbocycles. The first-order valence-electron chi connectivity index (χ1n) is 22.9. The van der Waals surface area contributed by atoms with Crippen molar-refractivity contribution in [1.29, 1.82) is 0 Å². The molecule has 0 radical (unpaired) electrons. The molecule has 102 heavy (non-hydrogen) atoms. The molecule has 0 spiro atoms. The molecule has 0 saturated heterocycles. The number of hydrogen-bond donors (Lipinski definition) is 3. The molecular formula is C36H20F58NO6P. The van der Waals surface area contributed by atoms with Crippen LogP contribution in [0.3, 0.4) is 0 Å². The largest absolute Gasteiger partial charge is 0.756 e. The van der Waals surface area contributed by atoms with Gasteiger partial charge in [-0.1, -0.05) is 0 Å². The quantitative estimate of drug-likeness (QED) is 0.0327. The van der Waals surface area contributed by atoms with Gasteiger partial charge in [-0.05, 0) is 0 Å². The molecule has 616 valence electrons. The summed E-state index contributed by atoms with van der Waals surface area (Å²) in [6.07, 6.45) is -25.8. The van der Waals surface area contributed by atoms with Gasteiger partial charge in [-0.25, -0.2) is 0 Å². The van der Waals surface area contributed by atoms with E-state index in [1.54, 1.807) is 0 Å². The highest BCUT2D eigenvalue weighted by Crippen LogP contribution is 2.72. The smallest absolute Gasteiger partial charge is 0.460 e. The van der Waals surface area contributed by atoms with Crippen molar-refractivity contribution in [2.75, 3.05) is 39.5 Å². The van der Waals surface area contributed by atoms with Gasteiger partial charge in [-0.15, -0.1) is 0 Å². The van der Waals surface area contributed by atoms with E-state index < -0.39 is 200 Å². The summed E-state index contributed by atoms with van der Waals surface area (Å²) >= 11 is 0. The number of quaternary nitrogens is 1. The van der Waals surface area contributed by atoms with Gasteiger partial charge in [-0.3, -0.25) is 4.57 Å². The van der Waals surface area contributed by atoms with E-state index in [4.69, 9.17) is 10.2 Å². The van der Waals surface area contributed by atoms with E-state index in [1.165, 1.54) is 0 Å². The van der Waals surface area contributed by atoms with Crippen LogP contribution in [-0.4, -0.2) is 216 Å². The van der Waals surface area contributed by atoms with Gasteiger partial charge in [0.1, 0.15) is 0 Å². The van der Waals surface area contributed by atoms with Gasteiger partial charge in [0, 0.05) is 12.8 Å². The number of hydrogen-bond acceptors (Lipinski definition) is 6. The molecular weight excluding hydrogens is 1680 g/mol. The maximum atomic E-state index is 14.2. The molecule has 0 bridgehead atoms. The van der Waals surface area contributed by atoms with Crippen molar-refractivity contribution in [3.8, 4) is 0 Å².